The predicted octanol–water partition coefficient (Wildman–Crippen LogP) is 2.95. The highest BCUT2D eigenvalue weighted by molar-refractivity contribution is 8.00. The number of benzene rings is 1. The van der Waals surface area contributed by atoms with Gasteiger partial charge >= 0.3 is 0 Å². The van der Waals surface area contributed by atoms with Crippen LogP contribution in [0.2, 0.25) is 0 Å². The molecule has 1 aromatic heterocycles. The average Bonchev–Trinajstić information content (AvgIpc) is 2.77. The molecule has 0 N–H and O–H groups in total. The maximum atomic E-state index is 11.4. The number of thioether (sulfide) groups is 1. The number of carbonyl (C=O) groups is 1. The summed E-state index contributed by atoms with van der Waals surface area (Å²) in [6, 6.07) is 6.24. The predicted molar refractivity (Wildman–Crippen MR) is 76.8 cm³/mol. The fourth-order valence-electron chi connectivity index (χ4n) is 1.79. The summed E-state index contributed by atoms with van der Waals surface area (Å²) in [5.41, 5.74) is 3.44. The number of nitrogens with zero attached hydrogens (tertiary/aromatic N) is 3. The van der Waals surface area contributed by atoms with Crippen LogP contribution in [0.15, 0.2) is 29.7 Å². The fourth-order valence-corrected chi connectivity index (χ4v) is 2.62. The number of hydrogen-bond donors (Lipinski definition) is 0. The molecule has 1 aromatic carbocycles. The first-order chi connectivity index (χ1) is 8.99. The standard InChI is InChI=1S/C14H17N3OS/c1-9-5-6-13(10(2)7-9)17-8-15-16-14(17)19-12(4)11(3)18/h5-8,12H,1-4H3. The van der Waals surface area contributed by atoms with Crippen LogP contribution in [0.25, 0.3) is 5.69 Å². The molecule has 0 amide bonds. The van der Waals surface area contributed by atoms with Gasteiger partial charge in [0.1, 0.15) is 12.1 Å². The first kappa shape index (κ1) is 13.8. The van der Waals surface area contributed by atoms with Crippen LogP contribution in [-0.2, 0) is 4.79 Å². The zero-order valence-electron chi connectivity index (χ0n) is 11.5. The molecule has 0 radical (unpaired) electrons. The zero-order chi connectivity index (χ0) is 14.0. The van der Waals surface area contributed by atoms with Crippen molar-refractivity contribution in [1.82, 2.24) is 14.8 Å². The van der Waals surface area contributed by atoms with Crippen molar-refractivity contribution in [2.75, 3.05) is 0 Å². The Hall–Kier alpha value is -1.62. The summed E-state index contributed by atoms with van der Waals surface area (Å²) in [4.78, 5) is 11.4. The molecule has 0 aliphatic rings. The van der Waals surface area contributed by atoms with E-state index in [-0.39, 0.29) is 11.0 Å². The Morgan fingerprint density at radius 2 is 2.11 bits per heavy atom. The molecule has 4 nitrogen and oxygen atoms in total. The van der Waals surface area contributed by atoms with E-state index in [1.807, 2.05) is 11.5 Å². The normalized spacial score (nSPS) is 12.4. The number of hydrogen-bond acceptors (Lipinski definition) is 4. The molecule has 1 atom stereocenters. The maximum absolute atomic E-state index is 11.4. The van der Waals surface area contributed by atoms with Crippen molar-refractivity contribution in [2.45, 2.75) is 38.1 Å². The van der Waals surface area contributed by atoms with Gasteiger partial charge in [0.05, 0.1) is 10.9 Å². The van der Waals surface area contributed by atoms with Crippen LogP contribution in [0.5, 0.6) is 0 Å². The van der Waals surface area contributed by atoms with E-state index >= 15 is 0 Å². The number of aryl methyl sites for hydroxylation is 2. The number of aromatic nitrogens is 3. The zero-order valence-corrected chi connectivity index (χ0v) is 12.4. The second-order valence-corrected chi connectivity index (χ2v) is 5.95. The molecule has 0 spiro atoms. The smallest absolute Gasteiger partial charge is 0.196 e. The first-order valence-corrected chi connectivity index (χ1v) is 7.01. The van der Waals surface area contributed by atoms with Crippen molar-refractivity contribution in [2.24, 2.45) is 0 Å². The van der Waals surface area contributed by atoms with E-state index in [1.165, 1.54) is 17.3 Å². The Labute approximate surface area is 117 Å². The van der Waals surface area contributed by atoms with Gasteiger partial charge in [-0.15, -0.1) is 10.2 Å². The van der Waals surface area contributed by atoms with Gasteiger partial charge in [0.15, 0.2) is 5.16 Å². The van der Waals surface area contributed by atoms with Crippen molar-refractivity contribution in [1.29, 1.82) is 0 Å². The third-order valence-electron chi connectivity index (χ3n) is 2.98. The largest absolute Gasteiger partial charge is 0.299 e. The van der Waals surface area contributed by atoms with Crippen LogP contribution in [-0.4, -0.2) is 25.8 Å². The first-order valence-electron chi connectivity index (χ1n) is 6.14. The van der Waals surface area contributed by atoms with Gasteiger partial charge in [-0.25, -0.2) is 0 Å². The maximum Gasteiger partial charge on any atom is 0.196 e. The molecule has 100 valence electrons. The number of rotatable bonds is 4. The third-order valence-corrected chi connectivity index (χ3v) is 4.16. The molecule has 0 fully saturated rings. The highest BCUT2D eigenvalue weighted by atomic mass is 32.2. The van der Waals surface area contributed by atoms with E-state index in [1.54, 1.807) is 13.3 Å². The van der Waals surface area contributed by atoms with E-state index in [0.717, 1.165) is 16.4 Å². The Kier molecular flexibility index (Phi) is 4.04. The van der Waals surface area contributed by atoms with E-state index < -0.39 is 0 Å². The van der Waals surface area contributed by atoms with Gasteiger partial charge in [0.25, 0.3) is 0 Å². The Balaban J connectivity index is 2.36. The van der Waals surface area contributed by atoms with Crippen LogP contribution >= 0.6 is 11.8 Å². The summed E-state index contributed by atoms with van der Waals surface area (Å²) in [6.07, 6.45) is 1.69. The van der Waals surface area contributed by atoms with Crippen molar-refractivity contribution in [3.8, 4) is 5.69 Å². The van der Waals surface area contributed by atoms with Crippen LogP contribution < -0.4 is 0 Å². The van der Waals surface area contributed by atoms with Gasteiger partial charge in [0.2, 0.25) is 0 Å². The van der Waals surface area contributed by atoms with Gasteiger partial charge in [0, 0.05) is 0 Å². The van der Waals surface area contributed by atoms with Crippen molar-refractivity contribution >= 4 is 17.5 Å². The quantitative estimate of drug-likeness (QED) is 0.805. The molecule has 1 unspecified atom stereocenters. The van der Waals surface area contributed by atoms with Gasteiger partial charge in [-0.05, 0) is 39.3 Å². The van der Waals surface area contributed by atoms with E-state index in [2.05, 4.69) is 42.2 Å². The molecule has 0 aliphatic carbocycles. The lowest BCUT2D eigenvalue weighted by molar-refractivity contribution is -0.116. The molecule has 5 heteroatoms. The lowest BCUT2D eigenvalue weighted by atomic mass is 10.1. The minimum absolute atomic E-state index is 0.117. The van der Waals surface area contributed by atoms with Crippen molar-refractivity contribution < 1.29 is 4.79 Å². The summed E-state index contributed by atoms with van der Waals surface area (Å²) >= 11 is 1.43. The summed E-state index contributed by atoms with van der Waals surface area (Å²) in [5, 5.41) is 8.69. The topological polar surface area (TPSA) is 47.8 Å². The minimum atomic E-state index is -0.117. The summed E-state index contributed by atoms with van der Waals surface area (Å²) in [6.45, 7) is 7.60. The molecule has 2 rings (SSSR count). The average molecular weight is 275 g/mol. The minimum Gasteiger partial charge on any atom is -0.299 e. The second kappa shape index (κ2) is 5.57. The molecule has 0 saturated heterocycles. The van der Waals surface area contributed by atoms with Gasteiger partial charge < -0.3 is 0 Å². The Morgan fingerprint density at radius 1 is 1.37 bits per heavy atom. The summed E-state index contributed by atoms with van der Waals surface area (Å²) in [5.74, 6) is 0.139. The van der Waals surface area contributed by atoms with Crippen LogP contribution in [0.4, 0.5) is 0 Å². The highest BCUT2D eigenvalue weighted by Crippen LogP contribution is 2.25. The molecule has 0 bridgehead atoms. The molecule has 2 aromatic rings. The van der Waals surface area contributed by atoms with Crippen LogP contribution in [0.1, 0.15) is 25.0 Å². The molecule has 0 saturated carbocycles. The second-order valence-electron chi connectivity index (χ2n) is 4.64. The summed E-state index contributed by atoms with van der Waals surface area (Å²) < 4.78 is 1.93. The molecule has 0 aliphatic heterocycles. The van der Waals surface area contributed by atoms with E-state index in [4.69, 9.17) is 0 Å². The van der Waals surface area contributed by atoms with Crippen LogP contribution in [0, 0.1) is 13.8 Å². The number of ketones is 1. The summed E-state index contributed by atoms with van der Waals surface area (Å²) in [7, 11) is 0. The molecule has 1 heterocycles. The SMILES string of the molecule is CC(=O)C(C)Sc1nncn1-c1ccc(C)cc1C. The Morgan fingerprint density at radius 3 is 2.74 bits per heavy atom. The lowest BCUT2D eigenvalue weighted by Crippen LogP contribution is -2.10. The van der Waals surface area contributed by atoms with Crippen LogP contribution in [0.3, 0.4) is 0 Å². The van der Waals surface area contributed by atoms with Gasteiger partial charge in [-0.2, -0.15) is 0 Å². The highest BCUT2D eigenvalue weighted by Gasteiger charge is 2.15. The van der Waals surface area contributed by atoms with Gasteiger partial charge in [-0.3, -0.25) is 9.36 Å². The molecular formula is C14H17N3OS. The van der Waals surface area contributed by atoms with E-state index in [0.29, 0.717) is 0 Å². The van der Waals surface area contributed by atoms with Gasteiger partial charge in [-0.1, -0.05) is 29.5 Å². The molecule has 19 heavy (non-hydrogen) atoms. The monoisotopic (exact) mass is 275 g/mol. The fraction of sp³-hybridized carbons (Fsp3) is 0.357. The number of carbonyl (C=O) groups excluding carboxylic acids is 1. The Bertz CT molecular complexity index is 606. The van der Waals surface area contributed by atoms with Crippen molar-refractivity contribution in [3.63, 3.8) is 0 Å². The number of Topliss-reactive ketones (excluding diaryl/α,β-unsaturated/α-hetero) is 1. The molecular weight excluding hydrogens is 258 g/mol. The van der Waals surface area contributed by atoms with E-state index in [9.17, 15) is 4.79 Å². The third kappa shape index (κ3) is 3.04. The lowest BCUT2D eigenvalue weighted by Gasteiger charge is -2.11. The van der Waals surface area contributed by atoms with Crippen molar-refractivity contribution in [3.05, 3.63) is 35.7 Å².